The summed E-state index contributed by atoms with van der Waals surface area (Å²) < 4.78 is 7.19. The Balaban J connectivity index is 1.92. The Morgan fingerprint density at radius 1 is 1.68 bits per heavy atom. The van der Waals surface area contributed by atoms with Gasteiger partial charge < -0.3 is 15.8 Å². The molecular weight excluding hydrogens is 244 g/mol. The highest BCUT2D eigenvalue weighted by atomic mass is 16.5. The van der Waals surface area contributed by atoms with Crippen LogP contribution in [0.25, 0.3) is 0 Å². The molecule has 1 aliphatic heterocycles. The molecule has 6 nitrogen and oxygen atoms in total. The van der Waals surface area contributed by atoms with Crippen LogP contribution >= 0.6 is 0 Å². The Morgan fingerprint density at radius 2 is 2.42 bits per heavy atom. The van der Waals surface area contributed by atoms with E-state index in [0.29, 0.717) is 29.8 Å². The monoisotopic (exact) mass is 266 g/mol. The Morgan fingerprint density at radius 3 is 3.00 bits per heavy atom. The number of nitrogens with one attached hydrogen (secondary N) is 1. The minimum absolute atomic E-state index is 0.167. The van der Waals surface area contributed by atoms with E-state index in [9.17, 15) is 4.79 Å². The van der Waals surface area contributed by atoms with Crippen LogP contribution in [0.3, 0.4) is 0 Å². The van der Waals surface area contributed by atoms with Crippen molar-refractivity contribution in [1.82, 2.24) is 15.1 Å². The Labute approximate surface area is 113 Å². The van der Waals surface area contributed by atoms with E-state index in [2.05, 4.69) is 24.3 Å². The van der Waals surface area contributed by atoms with Crippen molar-refractivity contribution in [2.45, 2.75) is 26.4 Å². The van der Waals surface area contributed by atoms with Crippen molar-refractivity contribution < 1.29 is 9.53 Å². The van der Waals surface area contributed by atoms with Crippen molar-refractivity contribution in [2.75, 3.05) is 18.9 Å². The summed E-state index contributed by atoms with van der Waals surface area (Å²) in [4.78, 5) is 12.0. The second-order valence-corrected chi connectivity index (χ2v) is 5.41. The number of aromatic nitrogens is 2. The van der Waals surface area contributed by atoms with Crippen molar-refractivity contribution in [3.63, 3.8) is 0 Å². The summed E-state index contributed by atoms with van der Waals surface area (Å²) >= 11 is 0. The van der Waals surface area contributed by atoms with Crippen LogP contribution in [0, 0.1) is 11.8 Å². The summed E-state index contributed by atoms with van der Waals surface area (Å²) in [5, 5.41) is 6.89. The lowest BCUT2D eigenvalue weighted by molar-refractivity contribution is 0.0533. The average molecular weight is 266 g/mol. The van der Waals surface area contributed by atoms with E-state index in [1.807, 2.05) is 0 Å². The summed E-state index contributed by atoms with van der Waals surface area (Å²) in [5.74, 6) is 1.07. The molecule has 0 aliphatic carbocycles. The van der Waals surface area contributed by atoms with E-state index in [4.69, 9.17) is 10.5 Å². The van der Waals surface area contributed by atoms with Gasteiger partial charge >= 0.3 is 0 Å². The van der Waals surface area contributed by atoms with Crippen LogP contribution in [-0.4, -0.2) is 34.9 Å². The summed E-state index contributed by atoms with van der Waals surface area (Å²) in [6, 6.07) is 0. The number of ether oxygens (including phenoxy) is 1. The van der Waals surface area contributed by atoms with Gasteiger partial charge in [-0.2, -0.15) is 5.10 Å². The predicted octanol–water partition coefficient (Wildman–Crippen LogP) is 0.793. The summed E-state index contributed by atoms with van der Waals surface area (Å²) in [6.45, 7) is 5.68. The molecule has 1 aromatic heterocycles. The lowest BCUT2D eigenvalue weighted by Gasteiger charge is -2.22. The molecule has 19 heavy (non-hydrogen) atoms. The highest BCUT2D eigenvalue weighted by molar-refractivity contribution is 5.98. The molecule has 1 saturated heterocycles. The predicted molar refractivity (Wildman–Crippen MR) is 72.6 cm³/mol. The number of nitrogens with zero attached hydrogens (tertiary/aromatic N) is 2. The Hall–Kier alpha value is -1.56. The van der Waals surface area contributed by atoms with Crippen LogP contribution in [-0.2, 0) is 11.8 Å². The molecule has 2 rings (SSSR count). The lowest BCUT2D eigenvalue weighted by atomic mass is 9.93. The maximum atomic E-state index is 12.0. The molecule has 0 aromatic carbocycles. The lowest BCUT2D eigenvalue weighted by Crippen LogP contribution is -2.35. The van der Waals surface area contributed by atoms with E-state index in [1.54, 1.807) is 7.05 Å². The van der Waals surface area contributed by atoms with Crippen LogP contribution in [0.5, 0.6) is 0 Å². The number of amides is 1. The maximum absolute atomic E-state index is 12.0. The number of rotatable bonds is 4. The third-order valence-electron chi connectivity index (χ3n) is 3.67. The van der Waals surface area contributed by atoms with Crippen molar-refractivity contribution in [1.29, 1.82) is 0 Å². The highest BCUT2D eigenvalue weighted by Crippen LogP contribution is 2.26. The zero-order chi connectivity index (χ0) is 14.0. The number of nitrogen functional groups attached to an aromatic ring is 1. The van der Waals surface area contributed by atoms with Crippen molar-refractivity contribution in [3.8, 4) is 0 Å². The number of carbonyl (C=O) groups excluding carboxylic acids is 1. The van der Waals surface area contributed by atoms with Crippen LogP contribution in [0.2, 0.25) is 0 Å². The Kier molecular flexibility index (Phi) is 4.09. The molecular formula is C13H22N4O2. The summed E-state index contributed by atoms with van der Waals surface area (Å²) in [6.07, 6.45) is 2.72. The quantitative estimate of drug-likeness (QED) is 0.844. The second kappa shape index (κ2) is 5.61. The van der Waals surface area contributed by atoms with Gasteiger partial charge in [-0.25, -0.2) is 0 Å². The highest BCUT2D eigenvalue weighted by Gasteiger charge is 2.31. The molecule has 0 radical (unpaired) electrons. The van der Waals surface area contributed by atoms with Gasteiger partial charge in [-0.1, -0.05) is 13.8 Å². The first-order chi connectivity index (χ1) is 9.00. The molecule has 0 saturated carbocycles. The van der Waals surface area contributed by atoms with Gasteiger partial charge in [0.1, 0.15) is 11.4 Å². The van der Waals surface area contributed by atoms with Crippen LogP contribution < -0.4 is 11.1 Å². The molecule has 1 amide bonds. The molecule has 106 valence electrons. The standard InChI is InChI=1S/C13H22N4O2/c1-8(2)11-9(4-5-19-11)6-15-13(18)10-7-16-17(3)12(10)14/h7-9,11H,4-6,14H2,1-3H3,(H,15,18)/t9-,11-/m1/s1. The van der Waals surface area contributed by atoms with Gasteiger partial charge in [-0.3, -0.25) is 9.48 Å². The number of anilines is 1. The minimum atomic E-state index is -0.167. The molecule has 0 bridgehead atoms. The second-order valence-electron chi connectivity index (χ2n) is 5.41. The summed E-state index contributed by atoms with van der Waals surface area (Å²) in [5.41, 5.74) is 6.21. The molecule has 1 aromatic rings. The smallest absolute Gasteiger partial charge is 0.256 e. The molecule has 6 heteroatoms. The molecule has 0 unspecified atom stereocenters. The fraction of sp³-hybridized carbons (Fsp3) is 0.692. The largest absolute Gasteiger partial charge is 0.383 e. The van der Waals surface area contributed by atoms with Gasteiger partial charge in [0.25, 0.3) is 5.91 Å². The summed E-state index contributed by atoms with van der Waals surface area (Å²) in [7, 11) is 1.71. The number of nitrogens with two attached hydrogens (primary N) is 1. The molecule has 1 fully saturated rings. The van der Waals surface area contributed by atoms with E-state index in [1.165, 1.54) is 10.9 Å². The molecule has 3 N–H and O–H groups in total. The van der Waals surface area contributed by atoms with E-state index < -0.39 is 0 Å². The van der Waals surface area contributed by atoms with Crippen LogP contribution in [0.4, 0.5) is 5.82 Å². The molecule has 1 aliphatic rings. The fourth-order valence-corrected chi connectivity index (χ4v) is 2.55. The Bertz CT molecular complexity index is 455. The van der Waals surface area contributed by atoms with Crippen LogP contribution in [0.1, 0.15) is 30.6 Å². The maximum Gasteiger partial charge on any atom is 0.256 e. The minimum Gasteiger partial charge on any atom is -0.383 e. The molecule has 2 atom stereocenters. The number of hydrogen-bond acceptors (Lipinski definition) is 4. The van der Waals surface area contributed by atoms with Crippen molar-refractivity contribution in [2.24, 2.45) is 18.9 Å². The van der Waals surface area contributed by atoms with Gasteiger partial charge in [0.05, 0.1) is 12.3 Å². The topological polar surface area (TPSA) is 82.2 Å². The third kappa shape index (κ3) is 2.89. The zero-order valence-electron chi connectivity index (χ0n) is 11.7. The molecule has 0 spiro atoms. The first-order valence-electron chi connectivity index (χ1n) is 6.68. The van der Waals surface area contributed by atoms with Gasteiger partial charge in [-0.05, 0) is 12.3 Å². The first-order valence-corrected chi connectivity index (χ1v) is 6.68. The van der Waals surface area contributed by atoms with Gasteiger partial charge in [-0.15, -0.1) is 0 Å². The zero-order valence-corrected chi connectivity index (χ0v) is 11.7. The molecule has 2 heterocycles. The van der Waals surface area contributed by atoms with E-state index in [0.717, 1.165) is 13.0 Å². The first kappa shape index (κ1) is 13.9. The fourth-order valence-electron chi connectivity index (χ4n) is 2.55. The van der Waals surface area contributed by atoms with E-state index >= 15 is 0 Å². The normalized spacial score (nSPS) is 22.9. The number of aryl methyl sites for hydroxylation is 1. The van der Waals surface area contributed by atoms with Crippen LogP contribution in [0.15, 0.2) is 6.20 Å². The van der Waals surface area contributed by atoms with Crippen molar-refractivity contribution >= 4 is 11.7 Å². The van der Waals surface area contributed by atoms with Gasteiger partial charge in [0, 0.05) is 26.1 Å². The van der Waals surface area contributed by atoms with Gasteiger partial charge in [0.15, 0.2) is 0 Å². The number of hydrogen-bond donors (Lipinski definition) is 2. The average Bonchev–Trinajstić information content (AvgIpc) is 2.95. The van der Waals surface area contributed by atoms with Gasteiger partial charge in [0.2, 0.25) is 0 Å². The SMILES string of the molecule is CC(C)[C@H]1OCC[C@@H]1CNC(=O)c1cnn(C)c1N. The third-order valence-corrected chi connectivity index (χ3v) is 3.67. The van der Waals surface area contributed by atoms with Crippen molar-refractivity contribution in [3.05, 3.63) is 11.8 Å². The number of carbonyl (C=O) groups is 1. The van der Waals surface area contributed by atoms with E-state index in [-0.39, 0.29) is 12.0 Å².